The van der Waals surface area contributed by atoms with E-state index < -0.39 is 5.97 Å². The fourth-order valence-electron chi connectivity index (χ4n) is 1.95. The molecule has 0 aliphatic carbocycles. The van der Waals surface area contributed by atoms with Gasteiger partial charge in [0.15, 0.2) is 0 Å². The van der Waals surface area contributed by atoms with Crippen molar-refractivity contribution in [1.82, 2.24) is 20.3 Å². The molecule has 100 valence electrons. The van der Waals surface area contributed by atoms with Gasteiger partial charge in [0, 0.05) is 11.9 Å². The van der Waals surface area contributed by atoms with Gasteiger partial charge in [-0.15, -0.1) is 0 Å². The van der Waals surface area contributed by atoms with Crippen molar-refractivity contribution in [3.8, 4) is 0 Å². The van der Waals surface area contributed by atoms with Crippen LogP contribution in [0.3, 0.4) is 0 Å². The van der Waals surface area contributed by atoms with Crippen LogP contribution in [-0.2, 0) is 6.54 Å². The van der Waals surface area contributed by atoms with E-state index in [1.54, 1.807) is 20.0 Å². The predicted molar refractivity (Wildman–Crippen MR) is 67.0 cm³/mol. The van der Waals surface area contributed by atoms with Crippen LogP contribution in [-0.4, -0.2) is 31.9 Å². The van der Waals surface area contributed by atoms with Crippen molar-refractivity contribution in [2.75, 3.05) is 0 Å². The first kappa shape index (κ1) is 12.9. The molecule has 0 radical (unpaired) electrons. The molecule has 0 atom stereocenters. The lowest BCUT2D eigenvalue weighted by atomic mass is 10.1. The fraction of sp³-hybridized carbons (Fsp3) is 0.250. The summed E-state index contributed by atoms with van der Waals surface area (Å²) in [5, 5.41) is 11.7. The van der Waals surface area contributed by atoms with Crippen LogP contribution in [0.2, 0.25) is 0 Å². The number of nitrogens with one attached hydrogen (secondary N) is 3. The normalized spacial score (nSPS) is 10.4. The van der Waals surface area contributed by atoms with E-state index in [1.807, 2.05) is 0 Å². The van der Waals surface area contributed by atoms with Crippen LogP contribution in [0.5, 0.6) is 0 Å². The summed E-state index contributed by atoms with van der Waals surface area (Å²) in [6.07, 6.45) is 3.14. The van der Waals surface area contributed by atoms with Crippen molar-refractivity contribution in [2.45, 2.75) is 20.4 Å². The number of hydrogen-bond acceptors (Lipinski definition) is 3. The lowest BCUT2D eigenvalue weighted by Crippen LogP contribution is -2.24. The minimum Gasteiger partial charge on any atom is -0.477 e. The second-order valence-corrected chi connectivity index (χ2v) is 4.19. The zero-order chi connectivity index (χ0) is 14.0. The van der Waals surface area contributed by atoms with Crippen molar-refractivity contribution in [3.63, 3.8) is 0 Å². The number of aromatic nitrogens is 3. The van der Waals surface area contributed by atoms with E-state index in [1.165, 1.54) is 6.33 Å². The van der Waals surface area contributed by atoms with E-state index >= 15 is 0 Å². The maximum Gasteiger partial charge on any atom is 0.352 e. The Morgan fingerprint density at radius 2 is 2.16 bits per heavy atom. The van der Waals surface area contributed by atoms with Gasteiger partial charge < -0.3 is 20.4 Å². The molecule has 0 fully saturated rings. The van der Waals surface area contributed by atoms with Crippen molar-refractivity contribution >= 4 is 11.9 Å². The van der Waals surface area contributed by atoms with Gasteiger partial charge >= 0.3 is 5.97 Å². The van der Waals surface area contributed by atoms with Crippen molar-refractivity contribution in [1.29, 1.82) is 0 Å². The third-order valence-corrected chi connectivity index (χ3v) is 2.87. The SMILES string of the molecule is Cc1[nH]c(C(=O)O)c(C)c1C(=O)NCc1cnc[nH]1. The number of carbonyl (C=O) groups is 2. The first-order valence-electron chi connectivity index (χ1n) is 5.68. The number of rotatable bonds is 4. The number of aryl methyl sites for hydroxylation is 1. The molecule has 0 aliphatic rings. The summed E-state index contributed by atoms with van der Waals surface area (Å²) in [5.74, 6) is -1.39. The molecule has 19 heavy (non-hydrogen) atoms. The maximum absolute atomic E-state index is 12.1. The molecule has 4 N–H and O–H groups in total. The summed E-state index contributed by atoms with van der Waals surface area (Å²) in [5.41, 5.74) is 2.17. The first-order chi connectivity index (χ1) is 9.00. The third-order valence-electron chi connectivity index (χ3n) is 2.87. The number of aromatic amines is 2. The Labute approximate surface area is 109 Å². The van der Waals surface area contributed by atoms with E-state index in [2.05, 4.69) is 20.3 Å². The number of hydrogen-bond donors (Lipinski definition) is 4. The lowest BCUT2D eigenvalue weighted by Gasteiger charge is -2.04. The molecular formula is C12H14N4O3. The smallest absolute Gasteiger partial charge is 0.352 e. The van der Waals surface area contributed by atoms with Gasteiger partial charge in [0.1, 0.15) is 5.69 Å². The maximum atomic E-state index is 12.1. The molecule has 2 aromatic heterocycles. The molecule has 0 spiro atoms. The van der Waals surface area contributed by atoms with Crippen LogP contribution in [0.1, 0.15) is 37.8 Å². The predicted octanol–water partition coefficient (Wildman–Crippen LogP) is 0.983. The quantitative estimate of drug-likeness (QED) is 0.658. The number of carboxylic acid groups (broad SMARTS) is 1. The van der Waals surface area contributed by atoms with Gasteiger partial charge in [-0.2, -0.15) is 0 Å². The van der Waals surface area contributed by atoms with Gasteiger partial charge in [-0.1, -0.05) is 0 Å². The van der Waals surface area contributed by atoms with Crippen LogP contribution >= 0.6 is 0 Å². The van der Waals surface area contributed by atoms with E-state index in [-0.39, 0.29) is 11.6 Å². The lowest BCUT2D eigenvalue weighted by molar-refractivity contribution is 0.0690. The van der Waals surface area contributed by atoms with Gasteiger partial charge in [0.05, 0.1) is 24.1 Å². The Hall–Kier alpha value is -2.57. The zero-order valence-corrected chi connectivity index (χ0v) is 10.6. The van der Waals surface area contributed by atoms with E-state index in [4.69, 9.17) is 5.11 Å². The highest BCUT2D eigenvalue weighted by Crippen LogP contribution is 2.17. The van der Waals surface area contributed by atoms with Gasteiger partial charge in [0.2, 0.25) is 0 Å². The van der Waals surface area contributed by atoms with Crippen LogP contribution < -0.4 is 5.32 Å². The molecule has 0 saturated heterocycles. The van der Waals surface area contributed by atoms with Crippen LogP contribution in [0.25, 0.3) is 0 Å². The average Bonchev–Trinajstić information content (AvgIpc) is 2.94. The van der Waals surface area contributed by atoms with E-state index in [0.717, 1.165) is 5.69 Å². The van der Waals surface area contributed by atoms with Gasteiger partial charge in [0.25, 0.3) is 5.91 Å². The summed E-state index contributed by atoms with van der Waals surface area (Å²) in [4.78, 5) is 32.5. The number of nitrogens with zero attached hydrogens (tertiary/aromatic N) is 1. The summed E-state index contributed by atoms with van der Waals surface area (Å²) < 4.78 is 0. The van der Waals surface area contributed by atoms with E-state index in [9.17, 15) is 9.59 Å². The molecule has 7 nitrogen and oxygen atoms in total. The standard InChI is InChI=1S/C12H14N4O3/c1-6-9(7(2)16-10(6)12(18)19)11(17)14-4-8-3-13-5-15-8/h3,5,16H,4H2,1-2H3,(H,13,15)(H,14,17)(H,18,19). The second kappa shape index (κ2) is 4.97. The Morgan fingerprint density at radius 3 is 2.68 bits per heavy atom. The molecule has 0 unspecified atom stereocenters. The summed E-state index contributed by atoms with van der Waals surface area (Å²) >= 11 is 0. The number of amides is 1. The molecule has 7 heteroatoms. The fourth-order valence-corrected chi connectivity index (χ4v) is 1.95. The highest BCUT2D eigenvalue weighted by atomic mass is 16.4. The third kappa shape index (κ3) is 2.49. The molecule has 0 saturated carbocycles. The largest absolute Gasteiger partial charge is 0.477 e. The molecule has 1 amide bonds. The van der Waals surface area contributed by atoms with Gasteiger partial charge in [-0.3, -0.25) is 4.79 Å². The first-order valence-corrected chi connectivity index (χ1v) is 5.68. The van der Waals surface area contributed by atoms with Crippen molar-refractivity contribution < 1.29 is 14.7 Å². The van der Waals surface area contributed by atoms with Crippen LogP contribution in [0.4, 0.5) is 0 Å². The minimum atomic E-state index is -1.08. The van der Waals surface area contributed by atoms with E-state index in [0.29, 0.717) is 23.4 Å². The average molecular weight is 262 g/mol. The van der Waals surface area contributed by atoms with Gasteiger partial charge in [-0.05, 0) is 19.4 Å². The number of aromatic carboxylic acids is 1. The Bertz CT molecular complexity index is 613. The summed E-state index contributed by atoms with van der Waals surface area (Å²) in [6.45, 7) is 3.59. The molecular weight excluding hydrogens is 248 g/mol. The van der Waals surface area contributed by atoms with Crippen molar-refractivity contribution in [2.24, 2.45) is 0 Å². The molecule has 0 bridgehead atoms. The molecule has 2 rings (SSSR count). The summed E-state index contributed by atoms with van der Waals surface area (Å²) in [6, 6.07) is 0. The number of carboxylic acids is 1. The topological polar surface area (TPSA) is 111 Å². The number of H-pyrrole nitrogens is 2. The number of carbonyl (C=O) groups excluding carboxylic acids is 1. The number of imidazole rings is 1. The minimum absolute atomic E-state index is 0.0455. The van der Waals surface area contributed by atoms with Crippen LogP contribution in [0, 0.1) is 13.8 Å². The molecule has 2 aromatic rings. The Balaban J connectivity index is 2.17. The zero-order valence-electron chi connectivity index (χ0n) is 10.6. The Morgan fingerprint density at radius 1 is 1.42 bits per heavy atom. The highest BCUT2D eigenvalue weighted by Gasteiger charge is 2.21. The molecule has 0 aromatic carbocycles. The van der Waals surface area contributed by atoms with Crippen molar-refractivity contribution in [3.05, 3.63) is 40.7 Å². The molecule has 2 heterocycles. The van der Waals surface area contributed by atoms with Crippen LogP contribution in [0.15, 0.2) is 12.5 Å². The second-order valence-electron chi connectivity index (χ2n) is 4.19. The summed E-state index contributed by atoms with van der Waals surface area (Å²) in [7, 11) is 0. The van der Waals surface area contributed by atoms with Gasteiger partial charge in [-0.25, -0.2) is 9.78 Å². The Kier molecular flexibility index (Phi) is 3.37. The monoisotopic (exact) mass is 262 g/mol. The molecule has 0 aliphatic heterocycles. The highest BCUT2D eigenvalue weighted by molar-refractivity contribution is 6.00.